The van der Waals surface area contributed by atoms with E-state index in [9.17, 15) is 6.85 Å². The molecule has 0 N–H and O–H groups in total. The zero-order valence-corrected chi connectivity index (χ0v) is 30.4. The second-order valence-electron chi connectivity index (χ2n) is 14.3. The first-order chi connectivity index (χ1) is 31.2. The van der Waals surface area contributed by atoms with E-state index in [1.165, 1.54) is 0 Å². The molecule has 3 aromatic heterocycles. The van der Waals surface area contributed by atoms with Crippen LogP contribution >= 0.6 is 0 Å². The van der Waals surface area contributed by atoms with Gasteiger partial charge >= 0.3 is 0 Å². The van der Waals surface area contributed by atoms with Gasteiger partial charge in [0.1, 0.15) is 11.2 Å². The third-order valence-corrected chi connectivity index (χ3v) is 11.2. The number of rotatable bonds is 5. The van der Waals surface area contributed by atoms with Crippen molar-refractivity contribution >= 4 is 65.6 Å². The van der Waals surface area contributed by atoms with Crippen molar-refractivity contribution in [2.24, 2.45) is 0 Å². The van der Waals surface area contributed by atoms with Gasteiger partial charge in [-0.25, -0.2) is 0 Å². The lowest BCUT2D eigenvalue weighted by atomic mass is 9.99. The Balaban J connectivity index is 1.18. The van der Waals surface area contributed by atoms with Crippen LogP contribution in [0, 0.1) is 0 Å². The van der Waals surface area contributed by atoms with E-state index in [0.717, 1.165) is 55.1 Å². The Labute approximate surface area is 338 Å². The van der Waals surface area contributed by atoms with Crippen molar-refractivity contribution in [3.63, 3.8) is 0 Å². The van der Waals surface area contributed by atoms with Gasteiger partial charge in [-0.2, -0.15) is 0 Å². The van der Waals surface area contributed by atoms with Crippen LogP contribution in [0.15, 0.2) is 211 Å². The zero-order chi connectivity index (χ0) is 43.5. The highest BCUT2D eigenvalue weighted by Gasteiger charge is 2.20. The molecular formula is C54H34N2O. The third-order valence-electron chi connectivity index (χ3n) is 11.2. The van der Waals surface area contributed by atoms with Crippen LogP contribution in [0.25, 0.3) is 110 Å². The molecule has 0 fully saturated rings. The van der Waals surface area contributed by atoms with E-state index in [2.05, 4.69) is 59.2 Å². The summed E-state index contributed by atoms with van der Waals surface area (Å²) in [6.45, 7) is 0. The van der Waals surface area contributed by atoms with Gasteiger partial charge in [-0.05, 0) is 94.5 Å². The summed E-state index contributed by atoms with van der Waals surface area (Å²) in [6, 6.07) is 52.2. The molecule has 0 radical (unpaired) electrons. The molecule has 3 heterocycles. The molecule has 12 aromatic rings. The average molecular weight is 734 g/mol. The van der Waals surface area contributed by atoms with Crippen molar-refractivity contribution < 1.29 is 14.0 Å². The molecule has 0 aliphatic heterocycles. The standard InChI is InChI=1S/C54H34N2O/c1-3-14-35(15-4-1)37-26-29-49-44(32-37)45-34-39(28-31-50(45)55(49)46-21-10-7-18-40(46)36-16-5-2-6-17-36)38-27-30-48-43(33-38)41-19-8-11-22-47(41)56(48)51-23-13-25-53-54(51)42-20-9-12-24-52(42)57-53/h1-34H/i8D,11D,19D,22D,27D,30D,33D. The largest absolute Gasteiger partial charge is 0.456 e. The fraction of sp³-hybridized carbons (Fsp3) is 0. The van der Waals surface area contributed by atoms with Crippen LogP contribution < -0.4 is 0 Å². The fourth-order valence-corrected chi connectivity index (χ4v) is 8.62. The number of hydrogen-bond donors (Lipinski definition) is 0. The van der Waals surface area contributed by atoms with E-state index >= 15 is 0 Å². The molecule has 0 aliphatic rings. The van der Waals surface area contributed by atoms with Crippen LogP contribution in [0.1, 0.15) is 9.60 Å². The van der Waals surface area contributed by atoms with E-state index in [1.54, 1.807) is 10.6 Å². The Bertz CT molecular complexity index is 3930. The summed E-state index contributed by atoms with van der Waals surface area (Å²) in [5.74, 6) is 0. The van der Waals surface area contributed by atoms with E-state index < -0.39 is 12.1 Å². The summed E-state index contributed by atoms with van der Waals surface area (Å²) in [4.78, 5) is 0. The minimum atomic E-state index is -0.440. The predicted octanol–water partition coefficient (Wildman–Crippen LogP) is 14.8. The topological polar surface area (TPSA) is 23.0 Å². The van der Waals surface area contributed by atoms with Gasteiger partial charge in [0.2, 0.25) is 0 Å². The van der Waals surface area contributed by atoms with Crippen LogP contribution in [0.4, 0.5) is 0 Å². The third kappa shape index (κ3) is 4.86. The Morgan fingerprint density at radius 2 is 0.982 bits per heavy atom. The maximum absolute atomic E-state index is 10.0. The SMILES string of the molecule is [2H]c1c([2H])c([2H])c2c(c1[2H])c1c([2H])c(-c3ccc4c(c3)c3cc(-c5ccccc5)ccc3n4-c3ccccc3-c3ccccc3)c([2H])c([2H])c1n2-c1cccc2oc3ccccc3c12. The molecule has 3 heteroatoms. The highest BCUT2D eigenvalue weighted by Crippen LogP contribution is 2.42. The van der Waals surface area contributed by atoms with Gasteiger partial charge in [-0.1, -0.05) is 139 Å². The number of benzene rings is 9. The number of hydrogen-bond acceptors (Lipinski definition) is 1. The van der Waals surface area contributed by atoms with Gasteiger partial charge in [-0.3, -0.25) is 0 Å². The Kier molecular flexibility index (Phi) is 5.56. The fourth-order valence-electron chi connectivity index (χ4n) is 8.62. The van der Waals surface area contributed by atoms with Crippen molar-refractivity contribution in [1.29, 1.82) is 0 Å². The summed E-state index contributed by atoms with van der Waals surface area (Å²) in [5.41, 5.74) is 9.87. The van der Waals surface area contributed by atoms with Crippen molar-refractivity contribution in [3.05, 3.63) is 206 Å². The first-order valence-electron chi connectivity index (χ1n) is 22.4. The monoisotopic (exact) mass is 733 g/mol. The van der Waals surface area contributed by atoms with Crippen LogP contribution in [-0.4, -0.2) is 9.13 Å². The number of aromatic nitrogens is 2. The molecule has 9 aromatic carbocycles. The minimum Gasteiger partial charge on any atom is -0.456 e. The van der Waals surface area contributed by atoms with Crippen LogP contribution in [0.3, 0.4) is 0 Å². The summed E-state index contributed by atoms with van der Waals surface area (Å²) >= 11 is 0. The van der Waals surface area contributed by atoms with E-state index in [4.69, 9.17) is 7.16 Å². The lowest BCUT2D eigenvalue weighted by Crippen LogP contribution is -1.97. The molecule has 0 amide bonds. The molecule has 0 spiro atoms. The molecule has 0 saturated carbocycles. The maximum Gasteiger partial charge on any atom is 0.137 e. The lowest BCUT2D eigenvalue weighted by molar-refractivity contribution is 0.669. The Morgan fingerprint density at radius 3 is 1.79 bits per heavy atom. The van der Waals surface area contributed by atoms with Gasteiger partial charge < -0.3 is 13.6 Å². The first-order valence-corrected chi connectivity index (χ1v) is 18.9. The minimum absolute atomic E-state index is 0.100. The molecule has 0 aliphatic carbocycles. The summed E-state index contributed by atoms with van der Waals surface area (Å²) in [5, 5.41) is 3.63. The second kappa shape index (κ2) is 12.5. The molecule has 266 valence electrons. The quantitative estimate of drug-likeness (QED) is 0.173. The molecule has 12 rings (SSSR count). The normalized spacial score (nSPS) is 13.6. The highest BCUT2D eigenvalue weighted by molar-refractivity contribution is 6.16. The molecule has 0 saturated heterocycles. The van der Waals surface area contributed by atoms with Gasteiger partial charge in [0.15, 0.2) is 0 Å². The van der Waals surface area contributed by atoms with E-state index in [1.807, 2.05) is 103 Å². The van der Waals surface area contributed by atoms with Gasteiger partial charge in [0.25, 0.3) is 0 Å². The molecule has 0 bridgehead atoms. The summed E-state index contributed by atoms with van der Waals surface area (Å²) in [6.07, 6.45) is 0. The lowest BCUT2D eigenvalue weighted by Gasteiger charge is -2.14. The Morgan fingerprint density at radius 1 is 0.368 bits per heavy atom. The van der Waals surface area contributed by atoms with Gasteiger partial charge in [0.05, 0.1) is 48.4 Å². The van der Waals surface area contributed by atoms with Crippen LogP contribution in [0.5, 0.6) is 0 Å². The Hall–Kier alpha value is -7.62. The first kappa shape index (κ1) is 25.5. The molecular weight excluding hydrogens is 693 g/mol. The zero-order valence-electron chi connectivity index (χ0n) is 37.4. The second-order valence-corrected chi connectivity index (χ2v) is 14.3. The van der Waals surface area contributed by atoms with Crippen molar-refractivity contribution in [2.45, 2.75) is 0 Å². The van der Waals surface area contributed by atoms with Crippen LogP contribution in [0.2, 0.25) is 0 Å². The van der Waals surface area contributed by atoms with Crippen molar-refractivity contribution in [3.8, 4) is 44.8 Å². The van der Waals surface area contributed by atoms with Crippen molar-refractivity contribution in [1.82, 2.24) is 9.13 Å². The van der Waals surface area contributed by atoms with E-state index in [-0.39, 0.29) is 57.6 Å². The molecule has 0 unspecified atom stereocenters. The van der Waals surface area contributed by atoms with Gasteiger partial charge in [-0.15, -0.1) is 0 Å². The molecule has 57 heavy (non-hydrogen) atoms. The number of fused-ring (bicyclic) bond motifs is 9. The van der Waals surface area contributed by atoms with Crippen LogP contribution in [-0.2, 0) is 0 Å². The smallest absolute Gasteiger partial charge is 0.137 e. The molecule has 0 atom stereocenters. The van der Waals surface area contributed by atoms with Crippen molar-refractivity contribution in [2.75, 3.05) is 0 Å². The number of furan rings is 1. The summed E-state index contributed by atoms with van der Waals surface area (Å²) < 4.78 is 75.8. The maximum atomic E-state index is 10.0. The van der Waals surface area contributed by atoms with Gasteiger partial charge in [0, 0.05) is 32.5 Å². The number of para-hydroxylation sites is 3. The highest BCUT2D eigenvalue weighted by atomic mass is 16.3. The predicted molar refractivity (Wildman–Crippen MR) is 239 cm³/mol. The molecule has 3 nitrogen and oxygen atoms in total. The average Bonchev–Trinajstić information content (AvgIpc) is 4.01. The van der Waals surface area contributed by atoms with E-state index in [0.29, 0.717) is 27.8 Å². The summed E-state index contributed by atoms with van der Waals surface area (Å²) in [7, 11) is 0. The number of nitrogens with zero attached hydrogens (tertiary/aromatic N) is 2.